The van der Waals surface area contributed by atoms with E-state index in [1.165, 1.54) is 5.56 Å². The molecule has 0 unspecified atom stereocenters. The van der Waals surface area contributed by atoms with E-state index in [1.54, 1.807) is 19.0 Å². The highest BCUT2D eigenvalue weighted by Crippen LogP contribution is 2.34. The second-order valence-corrected chi connectivity index (χ2v) is 6.72. The van der Waals surface area contributed by atoms with E-state index >= 15 is 0 Å². The van der Waals surface area contributed by atoms with Crippen LogP contribution in [0.1, 0.15) is 29.9 Å². The van der Waals surface area contributed by atoms with Crippen LogP contribution in [-0.2, 0) is 16.1 Å². The van der Waals surface area contributed by atoms with Crippen molar-refractivity contribution in [3.05, 3.63) is 17.0 Å². The molecule has 1 amide bonds. The Morgan fingerprint density at radius 1 is 1.41 bits per heavy atom. The molecule has 22 heavy (non-hydrogen) atoms. The Bertz CT molecular complexity index is 535. The van der Waals surface area contributed by atoms with Gasteiger partial charge < -0.3 is 14.2 Å². The van der Waals surface area contributed by atoms with Crippen molar-refractivity contribution in [2.45, 2.75) is 45.4 Å². The largest absolute Gasteiger partial charge is 0.364 e. The molecule has 2 aliphatic rings. The maximum atomic E-state index is 12.1. The highest BCUT2D eigenvalue weighted by atomic mass is 16.5. The van der Waals surface area contributed by atoms with Crippen LogP contribution < -0.4 is 0 Å². The van der Waals surface area contributed by atoms with E-state index in [4.69, 9.17) is 9.26 Å². The van der Waals surface area contributed by atoms with Gasteiger partial charge in [-0.1, -0.05) is 5.16 Å². The Morgan fingerprint density at radius 3 is 2.82 bits per heavy atom. The van der Waals surface area contributed by atoms with Gasteiger partial charge in [-0.15, -0.1) is 0 Å². The third-order valence-corrected chi connectivity index (χ3v) is 4.92. The molecule has 1 aromatic heterocycles. The number of carbonyl (C=O) groups excluding carboxylic acids is 1. The summed E-state index contributed by atoms with van der Waals surface area (Å²) >= 11 is 0. The SMILES string of the molecule is Cc1noc(C)c1CN1CC[C@@H]2C[C@@H](C(=O)N(C)C)O[C@@H]2C1. The number of nitrogens with zero attached hydrogens (tertiary/aromatic N) is 3. The molecule has 3 rings (SSSR count). The van der Waals surface area contributed by atoms with E-state index in [-0.39, 0.29) is 18.1 Å². The van der Waals surface area contributed by atoms with Gasteiger partial charge in [0.05, 0.1) is 11.8 Å². The van der Waals surface area contributed by atoms with E-state index in [9.17, 15) is 4.79 Å². The van der Waals surface area contributed by atoms with Gasteiger partial charge in [-0.3, -0.25) is 9.69 Å². The molecule has 0 radical (unpaired) electrons. The minimum atomic E-state index is -0.260. The van der Waals surface area contributed by atoms with Gasteiger partial charge >= 0.3 is 0 Å². The number of aromatic nitrogens is 1. The number of amides is 1. The Balaban J connectivity index is 1.61. The summed E-state index contributed by atoms with van der Waals surface area (Å²) in [6.45, 7) is 6.71. The Kier molecular flexibility index (Phi) is 4.23. The number of likely N-dealkylation sites (N-methyl/N-ethyl adjacent to an activating group) is 1. The Labute approximate surface area is 131 Å². The van der Waals surface area contributed by atoms with Crippen LogP contribution in [0.5, 0.6) is 0 Å². The molecule has 2 saturated heterocycles. The Morgan fingerprint density at radius 2 is 2.18 bits per heavy atom. The summed E-state index contributed by atoms with van der Waals surface area (Å²) in [7, 11) is 3.58. The molecule has 6 heteroatoms. The van der Waals surface area contributed by atoms with Crippen molar-refractivity contribution in [3.8, 4) is 0 Å². The highest BCUT2D eigenvalue weighted by Gasteiger charge is 2.42. The normalized spacial score (nSPS) is 28.6. The Hall–Kier alpha value is -1.40. The summed E-state index contributed by atoms with van der Waals surface area (Å²) in [5.74, 6) is 1.49. The second-order valence-electron chi connectivity index (χ2n) is 6.72. The number of aryl methyl sites for hydroxylation is 2. The molecule has 0 aromatic carbocycles. The van der Waals surface area contributed by atoms with Gasteiger partial charge in [0.1, 0.15) is 11.9 Å². The monoisotopic (exact) mass is 307 g/mol. The first-order valence-electron chi connectivity index (χ1n) is 7.96. The van der Waals surface area contributed by atoms with Crippen molar-refractivity contribution < 1.29 is 14.1 Å². The number of fused-ring (bicyclic) bond motifs is 1. The standard InChI is InChI=1S/C16H25N3O3/c1-10-13(11(2)22-17-10)8-19-6-5-12-7-14(16(20)18(3)4)21-15(12)9-19/h12,14-15H,5-9H2,1-4H3/t12-,14+,15-/m1/s1. The van der Waals surface area contributed by atoms with Crippen LogP contribution in [-0.4, -0.2) is 60.3 Å². The first-order chi connectivity index (χ1) is 10.5. The van der Waals surface area contributed by atoms with Gasteiger partial charge in [0.25, 0.3) is 5.91 Å². The fraction of sp³-hybridized carbons (Fsp3) is 0.750. The number of likely N-dealkylation sites (tertiary alicyclic amines) is 1. The van der Waals surface area contributed by atoms with Gasteiger partial charge in [0.2, 0.25) is 0 Å². The first kappa shape index (κ1) is 15.5. The van der Waals surface area contributed by atoms with E-state index in [0.717, 1.165) is 43.9 Å². The quantitative estimate of drug-likeness (QED) is 0.844. The minimum Gasteiger partial charge on any atom is -0.364 e. The summed E-state index contributed by atoms with van der Waals surface area (Å²) in [5, 5.41) is 4.02. The molecule has 0 aliphatic carbocycles. The predicted molar refractivity (Wildman–Crippen MR) is 81.3 cm³/mol. The van der Waals surface area contributed by atoms with Gasteiger partial charge in [-0.2, -0.15) is 0 Å². The van der Waals surface area contributed by atoms with Crippen LogP contribution in [0.3, 0.4) is 0 Å². The van der Waals surface area contributed by atoms with E-state index in [1.807, 2.05) is 13.8 Å². The van der Waals surface area contributed by atoms with Crippen LogP contribution in [0, 0.1) is 19.8 Å². The van der Waals surface area contributed by atoms with Crippen LogP contribution in [0.15, 0.2) is 4.52 Å². The predicted octanol–water partition coefficient (Wildman–Crippen LogP) is 1.36. The van der Waals surface area contributed by atoms with Gasteiger partial charge in [-0.25, -0.2) is 0 Å². The topological polar surface area (TPSA) is 58.8 Å². The average Bonchev–Trinajstić information content (AvgIpc) is 3.04. The van der Waals surface area contributed by atoms with Gasteiger partial charge in [0.15, 0.2) is 0 Å². The van der Waals surface area contributed by atoms with Crippen molar-refractivity contribution >= 4 is 5.91 Å². The molecular formula is C16H25N3O3. The molecule has 0 N–H and O–H groups in total. The van der Waals surface area contributed by atoms with E-state index < -0.39 is 0 Å². The van der Waals surface area contributed by atoms with Crippen molar-refractivity contribution in [1.29, 1.82) is 0 Å². The molecule has 6 nitrogen and oxygen atoms in total. The lowest BCUT2D eigenvalue weighted by Crippen LogP contribution is -2.42. The highest BCUT2D eigenvalue weighted by molar-refractivity contribution is 5.80. The zero-order valence-electron chi connectivity index (χ0n) is 13.8. The average molecular weight is 307 g/mol. The third kappa shape index (κ3) is 2.90. The summed E-state index contributed by atoms with van der Waals surface area (Å²) in [6, 6.07) is 0. The number of rotatable bonds is 3. The molecule has 3 heterocycles. The van der Waals surface area contributed by atoms with Crippen molar-refractivity contribution in [1.82, 2.24) is 15.0 Å². The van der Waals surface area contributed by atoms with Crippen LogP contribution in [0.25, 0.3) is 0 Å². The van der Waals surface area contributed by atoms with Crippen molar-refractivity contribution in [2.24, 2.45) is 5.92 Å². The number of hydrogen-bond donors (Lipinski definition) is 0. The summed E-state index contributed by atoms with van der Waals surface area (Å²) in [4.78, 5) is 16.1. The number of ether oxygens (including phenoxy) is 1. The van der Waals surface area contributed by atoms with Gasteiger partial charge in [0, 0.05) is 32.7 Å². The van der Waals surface area contributed by atoms with Gasteiger partial charge in [-0.05, 0) is 39.2 Å². The smallest absolute Gasteiger partial charge is 0.251 e. The molecule has 2 fully saturated rings. The molecular weight excluding hydrogens is 282 g/mol. The molecule has 0 spiro atoms. The van der Waals surface area contributed by atoms with Crippen molar-refractivity contribution in [3.63, 3.8) is 0 Å². The lowest BCUT2D eigenvalue weighted by Gasteiger charge is -2.33. The summed E-state index contributed by atoms with van der Waals surface area (Å²) in [6.07, 6.45) is 1.86. The molecule has 1 aromatic rings. The lowest BCUT2D eigenvalue weighted by molar-refractivity contribution is -0.141. The fourth-order valence-corrected chi connectivity index (χ4v) is 3.54. The summed E-state index contributed by atoms with van der Waals surface area (Å²) in [5.41, 5.74) is 2.14. The minimum absolute atomic E-state index is 0.0895. The molecule has 3 atom stereocenters. The van der Waals surface area contributed by atoms with Crippen molar-refractivity contribution in [2.75, 3.05) is 27.2 Å². The van der Waals surface area contributed by atoms with E-state index in [2.05, 4.69) is 10.1 Å². The van der Waals surface area contributed by atoms with Crippen LogP contribution in [0.2, 0.25) is 0 Å². The first-order valence-corrected chi connectivity index (χ1v) is 7.96. The number of hydrogen-bond acceptors (Lipinski definition) is 5. The molecule has 0 saturated carbocycles. The zero-order valence-corrected chi connectivity index (χ0v) is 13.8. The second kappa shape index (κ2) is 6.01. The number of carbonyl (C=O) groups is 1. The maximum absolute atomic E-state index is 12.1. The fourth-order valence-electron chi connectivity index (χ4n) is 3.54. The molecule has 0 bridgehead atoms. The summed E-state index contributed by atoms with van der Waals surface area (Å²) < 4.78 is 11.3. The lowest BCUT2D eigenvalue weighted by atomic mass is 9.91. The zero-order chi connectivity index (χ0) is 15.9. The maximum Gasteiger partial charge on any atom is 0.251 e. The molecule has 2 aliphatic heterocycles. The number of piperidine rings is 1. The molecule has 122 valence electrons. The van der Waals surface area contributed by atoms with E-state index in [0.29, 0.717) is 5.92 Å². The third-order valence-electron chi connectivity index (χ3n) is 4.92. The van der Waals surface area contributed by atoms with Crippen LogP contribution >= 0.6 is 0 Å². The van der Waals surface area contributed by atoms with Crippen LogP contribution in [0.4, 0.5) is 0 Å².